The summed E-state index contributed by atoms with van der Waals surface area (Å²) in [6, 6.07) is 15.8. The van der Waals surface area contributed by atoms with Gasteiger partial charge in [0, 0.05) is 42.9 Å². The van der Waals surface area contributed by atoms with Crippen LogP contribution in [0, 0.1) is 5.82 Å². The van der Waals surface area contributed by atoms with Crippen LogP contribution in [0.3, 0.4) is 0 Å². The Morgan fingerprint density at radius 3 is 2.67 bits per heavy atom. The number of rotatable bonds is 4. The summed E-state index contributed by atoms with van der Waals surface area (Å²) in [4.78, 5) is 16.5. The van der Waals surface area contributed by atoms with Gasteiger partial charge in [-0.1, -0.05) is 44.2 Å². The molecule has 0 amide bonds. The number of hydrogen-bond donors (Lipinski definition) is 0. The van der Waals surface area contributed by atoms with E-state index in [1.54, 1.807) is 12.1 Å². The van der Waals surface area contributed by atoms with Crippen LogP contribution in [0.2, 0.25) is 0 Å². The predicted octanol–water partition coefficient (Wildman–Crippen LogP) is 5.64. The van der Waals surface area contributed by atoms with Crippen molar-refractivity contribution < 1.29 is 4.39 Å². The van der Waals surface area contributed by atoms with Crippen molar-refractivity contribution >= 4 is 22.9 Å². The fraction of sp³-hybridized carbons (Fsp3) is 0.407. The van der Waals surface area contributed by atoms with Gasteiger partial charge in [0.25, 0.3) is 0 Å². The first-order chi connectivity index (χ1) is 16.0. The number of amidine groups is 1. The molecule has 0 aliphatic carbocycles. The fourth-order valence-electron chi connectivity index (χ4n) is 4.68. The van der Waals surface area contributed by atoms with Gasteiger partial charge >= 0.3 is 0 Å². The molecule has 3 heterocycles. The minimum Gasteiger partial charge on any atom is -0.352 e. The molecule has 1 saturated heterocycles. The van der Waals surface area contributed by atoms with E-state index in [-0.39, 0.29) is 5.82 Å². The van der Waals surface area contributed by atoms with Crippen LogP contribution in [0.4, 0.5) is 10.1 Å². The number of aryl methyl sites for hydroxylation is 1. The summed E-state index contributed by atoms with van der Waals surface area (Å²) >= 11 is 1.84. The number of thiazole rings is 1. The standard InChI is InChI=1S/C27H31FN4S/c1-18(2)27-30-25-24(33-27)16-20-6-4-5-7-23(20)29-26(25)32-15-14-31(3)22(17-32)13-10-19-8-11-21(28)12-9-19/h4-9,11-12,18,22H,10,13-17H2,1-3H3. The van der Waals surface area contributed by atoms with Crippen LogP contribution in [-0.2, 0) is 12.8 Å². The normalized spacial score (nSPS) is 18.6. The molecule has 0 saturated carbocycles. The summed E-state index contributed by atoms with van der Waals surface area (Å²) in [6.07, 6.45) is 2.87. The lowest BCUT2D eigenvalue weighted by atomic mass is 10.0. The lowest BCUT2D eigenvalue weighted by molar-refractivity contribution is 0.134. The third-order valence-corrected chi connectivity index (χ3v) is 8.10. The van der Waals surface area contributed by atoms with Crippen molar-refractivity contribution in [2.24, 2.45) is 4.99 Å². The smallest absolute Gasteiger partial charge is 0.156 e. The topological polar surface area (TPSA) is 31.7 Å². The van der Waals surface area contributed by atoms with Crippen LogP contribution in [0.25, 0.3) is 0 Å². The average molecular weight is 463 g/mol. The number of nitrogens with zero attached hydrogens (tertiary/aromatic N) is 4. The minimum atomic E-state index is -0.175. The number of aromatic nitrogens is 1. The second-order valence-electron chi connectivity index (χ2n) is 9.47. The van der Waals surface area contributed by atoms with Crippen LogP contribution in [-0.4, -0.2) is 53.3 Å². The van der Waals surface area contributed by atoms with Gasteiger partial charge in [0.2, 0.25) is 0 Å². The summed E-state index contributed by atoms with van der Waals surface area (Å²) in [5.74, 6) is 1.26. The maximum Gasteiger partial charge on any atom is 0.156 e. The van der Waals surface area contributed by atoms with E-state index in [0.717, 1.165) is 56.1 Å². The SMILES string of the molecule is CC(C)c1nc2c(s1)Cc1ccccc1N=C2N1CCN(C)C(CCc2ccc(F)cc2)C1. The molecule has 2 aliphatic heterocycles. The molecular formula is C27H31FN4S. The lowest BCUT2D eigenvalue weighted by Gasteiger charge is -2.40. The number of aliphatic imine (C=N–C) groups is 1. The summed E-state index contributed by atoms with van der Waals surface area (Å²) in [5.41, 5.74) is 4.59. The summed E-state index contributed by atoms with van der Waals surface area (Å²) < 4.78 is 13.3. The van der Waals surface area contributed by atoms with Crippen LogP contribution in [0.1, 0.15) is 52.9 Å². The summed E-state index contributed by atoms with van der Waals surface area (Å²) in [7, 11) is 2.21. The molecule has 1 atom stereocenters. The Morgan fingerprint density at radius 1 is 1.09 bits per heavy atom. The Bertz CT molecular complexity index is 1150. The molecule has 0 bridgehead atoms. The largest absolute Gasteiger partial charge is 0.352 e. The summed E-state index contributed by atoms with van der Waals surface area (Å²) in [5, 5.41) is 1.19. The number of hydrogen-bond acceptors (Lipinski definition) is 5. The molecule has 1 unspecified atom stereocenters. The number of benzene rings is 2. The Morgan fingerprint density at radius 2 is 1.88 bits per heavy atom. The van der Waals surface area contributed by atoms with Crippen molar-refractivity contribution in [3.8, 4) is 0 Å². The number of para-hydroxylation sites is 1. The van der Waals surface area contributed by atoms with Crippen molar-refractivity contribution in [1.82, 2.24) is 14.8 Å². The van der Waals surface area contributed by atoms with Crippen LogP contribution < -0.4 is 0 Å². The van der Waals surface area contributed by atoms with Crippen LogP contribution in [0.15, 0.2) is 53.5 Å². The molecule has 1 aromatic heterocycles. The van der Waals surface area contributed by atoms with Gasteiger partial charge in [-0.05, 0) is 49.2 Å². The van der Waals surface area contributed by atoms with Crippen molar-refractivity contribution in [1.29, 1.82) is 0 Å². The third-order valence-electron chi connectivity index (χ3n) is 6.74. The Labute approximate surface area is 199 Å². The van der Waals surface area contributed by atoms with Gasteiger partial charge in [-0.25, -0.2) is 14.4 Å². The molecule has 0 radical (unpaired) electrons. The van der Waals surface area contributed by atoms with E-state index in [0.29, 0.717) is 12.0 Å². The second kappa shape index (κ2) is 9.35. The van der Waals surface area contributed by atoms with Crippen molar-refractivity contribution in [2.45, 2.75) is 45.1 Å². The van der Waals surface area contributed by atoms with E-state index >= 15 is 0 Å². The van der Waals surface area contributed by atoms with E-state index in [1.165, 1.54) is 21.0 Å². The van der Waals surface area contributed by atoms with Gasteiger partial charge in [0.05, 0.1) is 10.7 Å². The van der Waals surface area contributed by atoms with Gasteiger partial charge in [-0.3, -0.25) is 4.90 Å². The van der Waals surface area contributed by atoms with E-state index in [1.807, 2.05) is 23.5 Å². The highest BCUT2D eigenvalue weighted by Crippen LogP contribution is 2.35. The highest BCUT2D eigenvalue weighted by atomic mass is 32.1. The van der Waals surface area contributed by atoms with Gasteiger partial charge in [0.1, 0.15) is 11.5 Å². The molecule has 4 nitrogen and oxygen atoms in total. The quantitative estimate of drug-likeness (QED) is 0.503. The maximum atomic E-state index is 13.3. The minimum absolute atomic E-state index is 0.175. The molecule has 172 valence electrons. The predicted molar refractivity (Wildman–Crippen MR) is 134 cm³/mol. The molecule has 1 fully saturated rings. The highest BCUT2D eigenvalue weighted by molar-refractivity contribution is 7.12. The monoisotopic (exact) mass is 462 g/mol. The molecule has 0 spiro atoms. The zero-order chi connectivity index (χ0) is 22.9. The molecule has 3 aromatic rings. The van der Waals surface area contributed by atoms with Gasteiger partial charge < -0.3 is 4.90 Å². The number of halogens is 1. The molecular weight excluding hydrogens is 431 g/mol. The zero-order valence-electron chi connectivity index (χ0n) is 19.6. The molecule has 2 aliphatic rings. The Hall–Kier alpha value is -2.57. The Kier molecular flexibility index (Phi) is 6.30. The van der Waals surface area contributed by atoms with Gasteiger partial charge in [-0.2, -0.15) is 0 Å². The van der Waals surface area contributed by atoms with E-state index < -0.39 is 0 Å². The van der Waals surface area contributed by atoms with Crippen LogP contribution >= 0.6 is 11.3 Å². The Balaban J connectivity index is 1.43. The first-order valence-corrected chi connectivity index (χ1v) is 12.7. The van der Waals surface area contributed by atoms with Crippen molar-refractivity contribution in [3.63, 3.8) is 0 Å². The first-order valence-electron chi connectivity index (χ1n) is 11.8. The lowest BCUT2D eigenvalue weighted by Crippen LogP contribution is -2.53. The van der Waals surface area contributed by atoms with Gasteiger partial charge in [0.15, 0.2) is 5.84 Å². The third kappa shape index (κ3) is 4.73. The molecule has 6 heteroatoms. The maximum absolute atomic E-state index is 13.3. The van der Waals surface area contributed by atoms with Crippen molar-refractivity contribution in [3.05, 3.63) is 81.1 Å². The molecule has 33 heavy (non-hydrogen) atoms. The van der Waals surface area contributed by atoms with Gasteiger partial charge in [-0.15, -0.1) is 11.3 Å². The number of fused-ring (bicyclic) bond motifs is 2. The average Bonchev–Trinajstić information content (AvgIpc) is 3.16. The number of piperazine rings is 1. The first kappa shape index (κ1) is 22.2. The van der Waals surface area contributed by atoms with E-state index in [2.05, 4.69) is 55.0 Å². The molecule has 2 aromatic carbocycles. The molecule has 0 N–H and O–H groups in total. The van der Waals surface area contributed by atoms with E-state index in [4.69, 9.17) is 9.98 Å². The van der Waals surface area contributed by atoms with Crippen LogP contribution in [0.5, 0.6) is 0 Å². The zero-order valence-corrected chi connectivity index (χ0v) is 20.4. The van der Waals surface area contributed by atoms with E-state index in [9.17, 15) is 4.39 Å². The summed E-state index contributed by atoms with van der Waals surface area (Å²) in [6.45, 7) is 7.28. The highest BCUT2D eigenvalue weighted by Gasteiger charge is 2.31. The van der Waals surface area contributed by atoms with Crippen molar-refractivity contribution in [2.75, 3.05) is 26.7 Å². The fourth-order valence-corrected chi connectivity index (χ4v) is 5.76. The molecule has 5 rings (SSSR count). The number of likely N-dealkylation sites (N-methyl/N-ethyl adjacent to an activating group) is 1. The second-order valence-corrected chi connectivity index (χ2v) is 10.6.